The van der Waals surface area contributed by atoms with Crippen LogP contribution in [0.3, 0.4) is 0 Å². The Bertz CT molecular complexity index is 928. The Hall–Kier alpha value is -1.96. The van der Waals surface area contributed by atoms with Crippen molar-refractivity contribution >= 4 is 21.4 Å². The van der Waals surface area contributed by atoms with Crippen molar-refractivity contribution in [1.29, 1.82) is 0 Å². The second-order valence-corrected chi connectivity index (χ2v) is 8.55. The van der Waals surface area contributed by atoms with Gasteiger partial charge in [-0.3, -0.25) is 0 Å². The molecular weight excluding hydrogens is 344 g/mol. The predicted octanol–water partition coefficient (Wildman–Crippen LogP) is 3.54. The van der Waals surface area contributed by atoms with Crippen LogP contribution in [-0.4, -0.2) is 20.1 Å². The van der Waals surface area contributed by atoms with E-state index in [0.717, 1.165) is 21.7 Å². The van der Waals surface area contributed by atoms with Crippen LogP contribution in [-0.2, 0) is 16.4 Å². The second-order valence-electron chi connectivity index (χ2n) is 5.47. The Morgan fingerprint density at radius 1 is 1.12 bits per heavy atom. The maximum Gasteiger partial charge on any atom is 0.250 e. The van der Waals surface area contributed by atoms with E-state index in [9.17, 15) is 8.42 Å². The summed E-state index contributed by atoms with van der Waals surface area (Å²) >= 11 is 1.18. The summed E-state index contributed by atoms with van der Waals surface area (Å²) in [4.78, 5) is 0.761. The summed E-state index contributed by atoms with van der Waals surface area (Å²) in [5.74, 6) is 0.628. The highest BCUT2D eigenvalue weighted by molar-refractivity contribution is 7.91. The van der Waals surface area contributed by atoms with E-state index in [1.807, 2.05) is 44.2 Å². The molecule has 0 amide bonds. The number of nitrogens with one attached hydrogen (secondary N) is 1. The Labute approximate surface area is 145 Å². The van der Waals surface area contributed by atoms with Crippen molar-refractivity contribution in [2.75, 3.05) is 6.54 Å². The largest absolute Gasteiger partial charge is 0.355 e. The van der Waals surface area contributed by atoms with Gasteiger partial charge in [0.05, 0.1) is 10.6 Å². The molecule has 0 saturated heterocycles. The van der Waals surface area contributed by atoms with Crippen LogP contribution in [0.4, 0.5) is 0 Å². The molecule has 0 aliphatic heterocycles. The highest BCUT2D eigenvalue weighted by Crippen LogP contribution is 2.33. The molecule has 7 heteroatoms. The molecule has 0 fully saturated rings. The van der Waals surface area contributed by atoms with E-state index in [4.69, 9.17) is 4.52 Å². The molecule has 0 radical (unpaired) electrons. The molecule has 0 unspecified atom stereocenters. The van der Waals surface area contributed by atoms with Crippen molar-refractivity contribution in [3.05, 3.63) is 59.3 Å². The molecule has 1 N–H and O–H groups in total. The van der Waals surface area contributed by atoms with Crippen LogP contribution >= 0.6 is 11.3 Å². The maximum atomic E-state index is 12.4. The maximum absolute atomic E-state index is 12.4. The second kappa shape index (κ2) is 6.88. The lowest BCUT2D eigenvalue weighted by Crippen LogP contribution is -2.25. The number of aromatic nitrogens is 1. The van der Waals surface area contributed by atoms with Gasteiger partial charge in [0, 0.05) is 12.1 Å². The fourth-order valence-corrected chi connectivity index (χ4v) is 4.69. The SMILES string of the molecule is Cc1noc(-c2ccc(S(=O)(=O)NCCc3ccccc3)s2)c1C. The van der Waals surface area contributed by atoms with Gasteiger partial charge >= 0.3 is 0 Å². The third-order valence-corrected chi connectivity index (χ3v) is 6.81. The Morgan fingerprint density at radius 3 is 2.54 bits per heavy atom. The monoisotopic (exact) mass is 362 g/mol. The van der Waals surface area contributed by atoms with Gasteiger partial charge in [-0.2, -0.15) is 0 Å². The topological polar surface area (TPSA) is 72.2 Å². The fourth-order valence-electron chi connectivity index (χ4n) is 2.28. The zero-order valence-corrected chi connectivity index (χ0v) is 15.1. The van der Waals surface area contributed by atoms with Gasteiger partial charge in [0.2, 0.25) is 10.0 Å². The quantitative estimate of drug-likeness (QED) is 0.728. The van der Waals surface area contributed by atoms with E-state index >= 15 is 0 Å². The van der Waals surface area contributed by atoms with Gasteiger partial charge in [-0.05, 0) is 38.0 Å². The lowest BCUT2D eigenvalue weighted by atomic mass is 10.2. The third kappa shape index (κ3) is 3.58. The van der Waals surface area contributed by atoms with Crippen molar-refractivity contribution < 1.29 is 12.9 Å². The predicted molar refractivity (Wildman–Crippen MR) is 94.6 cm³/mol. The van der Waals surface area contributed by atoms with Crippen molar-refractivity contribution in [3.63, 3.8) is 0 Å². The van der Waals surface area contributed by atoms with Gasteiger partial charge in [-0.15, -0.1) is 11.3 Å². The minimum Gasteiger partial charge on any atom is -0.355 e. The van der Waals surface area contributed by atoms with Gasteiger partial charge in [-0.1, -0.05) is 35.5 Å². The lowest BCUT2D eigenvalue weighted by molar-refractivity contribution is 0.427. The average Bonchev–Trinajstić information content (AvgIpc) is 3.17. The van der Waals surface area contributed by atoms with E-state index in [2.05, 4.69) is 9.88 Å². The van der Waals surface area contributed by atoms with Crippen LogP contribution in [0.1, 0.15) is 16.8 Å². The standard InChI is InChI=1S/C17H18N2O3S2/c1-12-13(2)19-22-17(12)15-8-9-16(23-15)24(20,21)18-11-10-14-6-4-3-5-7-14/h3-9,18H,10-11H2,1-2H3. The highest BCUT2D eigenvalue weighted by Gasteiger charge is 2.19. The first-order chi connectivity index (χ1) is 11.5. The van der Waals surface area contributed by atoms with Gasteiger partial charge in [0.1, 0.15) is 4.21 Å². The Morgan fingerprint density at radius 2 is 1.88 bits per heavy atom. The van der Waals surface area contributed by atoms with Crippen molar-refractivity contribution in [2.45, 2.75) is 24.5 Å². The molecule has 0 atom stereocenters. The molecule has 3 aromatic rings. The summed E-state index contributed by atoms with van der Waals surface area (Å²) in [6, 6.07) is 13.1. The number of rotatable bonds is 6. The van der Waals surface area contributed by atoms with Gasteiger partial charge < -0.3 is 4.52 Å². The van der Waals surface area contributed by atoms with Crippen molar-refractivity contribution in [3.8, 4) is 10.6 Å². The molecule has 2 aromatic heterocycles. The number of benzene rings is 1. The molecule has 5 nitrogen and oxygen atoms in total. The van der Waals surface area contributed by atoms with E-state index in [1.165, 1.54) is 11.3 Å². The molecule has 0 spiro atoms. The first kappa shape index (κ1) is 16.9. The Kier molecular flexibility index (Phi) is 4.84. The normalized spacial score (nSPS) is 11.8. The highest BCUT2D eigenvalue weighted by atomic mass is 32.2. The number of sulfonamides is 1. The number of hydrogen-bond donors (Lipinski definition) is 1. The molecule has 126 valence electrons. The summed E-state index contributed by atoms with van der Waals surface area (Å²) in [5.41, 5.74) is 2.83. The van der Waals surface area contributed by atoms with Crippen LogP contribution < -0.4 is 4.72 Å². The molecule has 3 rings (SSSR count). The summed E-state index contributed by atoms with van der Waals surface area (Å²) in [6.45, 7) is 4.13. The molecule has 0 aliphatic rings. The smallest absolute Gasteiger partial charge is 0.250 e. The van der Waals surface area contributed by atoms with Crippen molar-refractivity contribution in [2.24, 2.45) is 0 Å². The molecule has 24 heavy (non-hydrogen) atoms. The lowest BCUT2D eigenvalue weighted by Gasteiger charge is -2.04. The van der Waals surface area contributed by atoms with E-state index in [-0.39, 0.29) is 4.21 Å². The minimum absolute atomic E-state index is 0.277. The molecule has 0 aliphatic carbocycles. The molecule has 1 aromatic carbocycles. The van der Waals surface area contributed by atoms with Gasteiger partial charge in [0.25, 0.3) is 0 Å². The summed E-state index contributed by atoms with van der Waals surface area (Å²) < 4.78 is 33.0. The zero-order valence-electron chi connectivity index (χ0n) is 13.4. The van der Waals surface area contributed by atoms with Crippen LogP contribution in [0.2, 0.25) is 0 Å². The Balaban J connectivity index is 1.70. The molecule has 0 saturated carbocycles. The summed E-state index contributed by atoms with van der Waals surface area (Å²) in [5, 5.41) is 3.91. The number of thiophene rings is 1. The van der Waals surface area contributed by atoms with Crippen molar-refractivity contribution in [1.82, 2.24) is 9.88 Å². The third-order valence-electron chi connectivity index (χ3n) is 3.78. The van der Waals surface area contributed by atoms with Gasteiger partial charge in [-0.25, -0.2) is 13.1 Å². The molecule has 2 heterocycles. The first-order valence-electron chi connectivity index (χ1n) is 7.54. The molecule has 0 bridgehead atoms. The summed E-state index contributed by atoms with van der Waals surface area (Å²) in [6.07, 6.45) is 0.651. The van der Waals surface area contributed by atoms with Crippen LogP contribution in [0.5, 0.6) is 0 Å². The van der Waals surface area contributed by atoms with E-state index in [0.29, 0.717) is 18.7 Å². The van der Waals surface area contributed by atoms with Crippen LogP contribution in [0, 0.1) is 13.8 Å². The number of hydrogen-bond acceptors (Lipinski definition) is 5. The molecular formula is C17H18N2O3S2. The number of aryl methyl sites for hydroxylation is 1. The van der Waals surface area contributed by atoms with Gasteiger partial charge in [0.15, 0.2) is 5.76 Å². The van der Waals surface area contributed by atoms with E-state index < -0.39 is 10.0 Å². The number of nitrogens with zero attached hydrogens (tertiary/aromatic N) is 1. The fraction of sp³-hybridized carbons (Fsp3) is 0.235. The minimum atomic E-state index is -3.52. The van der Waals surface area contributed by atoms with Crippen LogP contribution in [0.25, 0.3) is 10.6 Å². The van der Waals surface area contributed by atoms with Crippen LogP contribution in [0.15, 0.2) is 51.2 Å². The zero-order chi connectivity index (χ0) is 17.2. The first-order valence-corrected chi connectivity index (χ1v) is 9.84. The summed E-state index contributed by atoms with van der Waals surface area (Å²) in [7, 11) is -3.52. The van der Waals surface area contributed by atoms with E-state index in [1.54, 1.807) is 12.1 Å². The average molecular weight is 362 g/mol.